The molecule has 0 atom stereocenters. The Balaban J connectivity index is 1.42. The van der Waals surface area contributed by atoms with Crippen molar-refractivity contribution < 1.29 is 14.3 Å². The van der Waals surface area contributed by atoms with E-state index in [1.807, 2.05) is 23.1 Å². The number of aryl methyl sites for hydroxylation is 1. The highest BCUT2D eigenvalue weighted by Gasteiger charge is 2.31. The van der Waals surface area contributed by atoms with Gasteiger partial charge in [-0.15, -0.1) is 0 Å². The lowest BCUT2D eigenvalue weighted by atomic mass is 9.98. The van der Waals surface area contributed by atoms with Crippen molar-refractivity contribution in [3.05, 3.63) is 35.9 Å². The number of hydrogen-bond acceptors (Lipinski definition) is 4. The molecule has 30 heavy (non-hydrogen) atoms. The van der Waals surface area contributed by atoms with Crippen LogP contribution in [0.25, 0.3) is 0 Å². The molecule has 166 valence electrons. The van der Waals surface area contributed by atoms with E-state index in [-0.39, 0.29) is 11.8 Å². The van der Waals surface area contributed by atoms with Gasteiger partial charge < -0.3 is 15.0 Å². The number of amides is 2. The number of ether oxygens (including phenoxy) is 1. The average molecular weight is 416 g/mol. The quantitative estimate of drug-likeness (QED) is 0.674. The lowest BCUT2D eigenvalue weighted by molar-refractivity contribution is -0.130. The van der Waals surface area contributed by atoms with E-state index in [1.165, 1.54) is 5.56 Å². The van der Waals surface area contributed by atoms with Crippen molar-refractivity contribution in [1.29, 1.82) is 0 Å². The fraction of sp³-hybridized carbons (Fsp3) is 0.667. The predicted molar refractivity (Wildman–Crippen MR) is 118 cm³/mol. The van der Waals surface area contributed by atoms with Crippen LogP contribution in [0.15, 0.2) is 30.3 Å². The van der Waals surface area contributed by atoms with Crippen LogP contribution in [0.1, 0.15) is 51.0 Å². The molecule has 0 spiro atoms. The Morgan fingerprint density at radius 1 is 1.07 bits per heavy atom. The van der Waals surface area contributed by atoms with Crippen LogP contribution in [0.3, 0.4) is 0 Å². The summed E-state index contributed by atoms with van der Waals surface area (Å²) in [6.07, 6.45) is 6.53. The second kappa shape index (κ2) is 12.1. The van der Waals surface area contributed by atoms with Gasteiger partial charge in [0.15, 0.2) is 0 Å². The van der Waals surface area contributed by atoms with E-state index in [1.54, 1.807) is 6.92 Å². The van der Waals surface area contributed by atoms with Gasteiger partial charge in [-0.05, 0) is 44.1 Å². The lowest BCUT2D eigenvalue weighted by Gasteiger charge is -2.43. The smallest absolute Gasteiger partial charge is 0.220 e. The van der Waals surface area contributed by atoms with Gasteiger partial charge in [0.1, 0.15) is 0 Å². The molecular weight excluding hydrogens is 378 g/mol. The van der Waals surface area contributed by atoms with E-state index in [4.69, 9.17) is 4.74 Å². The number of likely N-dealkylation sites (tertiary alicyclic amines) is 1. The Hall–Kier alpha value is -1.92. The fourth-order valence-electron chi connectivity index (χ4n) is 4.70. The van der Waals surface area contributed by atoms with Crippen molar-refractivity contribution in [3.8, 4) is 0 Å². The molecule has 2 amide bonds. The summed E-state index contributed by atoms with van der Waals surface area (Å²) in [5, 5.41) is 3.13. The zero-order valence-electron chi connectivity index (χ0n) is 18.4. The average Bonchev–Trinajstić information content (AvgIpc) is 2.78. The number of benzene rings is 1. The topological polar surface area (TPSA) is 61.9 Å². The summed E-state index contributed by atoms with van der Waals surface area (Å²) in [7, 11) is 0. The zero-order valence-corrected chi connectivity index (χ0v) is 18.4. The first kappa shape index (κ1) is 22.8. The summed E-state index contributed by atoms with van der Waals surface area (Å²) in [5.41, 5.74) is 1.29. The molecule has 2 fully saturated rings. The van der Waals surface area contributed by atoms with E-state index >= 15 is 0 Å². The standard InChI is InChI=1S/C24H37N3O3/c1-20(28)26-15-10-22(11-16-26)27(23-12-18-30-19-13-23)17-14-25-24(29)9-5-8-21-6-3-2-4-7-21/h2-4,6-7,22-23H,5,8-19H2,1H3,(H,25,29). The molecule has 1 aromatic carbocycles. The summed E-state index contributed by atoms with van der Waals surface area (Å²) in [4.78, 5) is 28.5. The molecule has 6 nitrogen and oxygen atoms in total. The Bertz CT molecular complexity index is 653. The molecule has 0 saturated carbocycles. The highest BCUT2D eigenvalue weighted by molar-refractivity contribution is 5.75. The van der Waals surface area contributed by atoms with E-state index < -0.39 is 0 Å². The Morgan fingerprint density at radius 3 is 2.40 bits per heavy atom. The van der Waals surface area contributed by atoms with Crippen LogP contribution in [0, 0.1) is 0 Å². The van der Waals surface area contributed by atoms with Crippen LogP contribution in [-0.2, 0) is 20.7 Å². The monoisotopic (exact) mass is 415 g/mol. The number of piperidine rings is 1. The third-order valence-corrected chi connectivity index (χ3v) is 6.44. The van der Waals surface area contributed by atoms with Gasteiger partial charge in [0.2, 0.25) is 11.8 Å². The maximum absolute atomic E-state index is 12.3. The minimum absolute atomic E-state index is 0.143. The van der Waals surface area contributed by atoms with E-state index in [0.29, 0.717) is 25.0 Å². The molecule has 2 heterocycles. The second-order valence-corrected chi connectivity index (χ2v) is 8.51. The SMILES string of the molecule is CC(=O)N1CCC(N(CCNC(=O)CCCc2ccccc2)C2CCOCC2)CC1. The van der Waals surface area contributed by atoms with Crippen molar-refractivity contribution in [2.75, 3.05) is 39.4 Å². The second-order valence-electron chi connectivity index (χ2n) is 8.51. The summed E-state index contributed by atoms with van der Waals surface area (Å²) < 4.78 is 5.56. The number of nitrogens with zero attached hydrogens (tertiary/aromatic N) is 2. The van der Waals surface area contributed by atoms with Crippen LogP contribution in [-0.4, -0.2) is 73.1 Å². The molecule has 0 aliphatic carbocycles. The van der Waals surface area contributed by atoms with Gasteiger partial charge in [0.25, 0.3) is 0 Å². The Kier molecular flexibility index (Phi) is 9.15. The maximum atomic E-state index is 12.3. The van der Waals surface area contributed by atoms with E-state index in [9.17, 15) is 9.59 Å². The van der Waals surface area contributed by atoms with Gasteiger partial charge in [-0.1, -0.05) is 30.3 Å². The van der Waals surface area contributed by atoms with Gasteiger partial charge in [0.05, 0.1) is 0 Å². The van der Waals surface area contributed by atoms with E-state index in [2.05, 4.69) is 22.3 Å². The van der Waals surface area contributed by atoms with Crippen LogP contribution in [0.5, 0.6) is 0 Å². The lowest BCUT2D eigenvalue weighted by Crippen LogP contribution is -2.53. The number of nitrogens with one attached hydrogen (secondary N) is 1. The van der Waals surface area contributed by atoms with E-state index in [0.717, 1.165) is 71.4 Å². The minimum Gasteiger partial charge on any atom is -0.381 e. The van der Waals surface area contributed by atoms with Crippen molar-refractivity contribution in [2.45, 2.75) is 64.0 Å². The molecule has 3 rings (SSSR count). The van der Waals surface area contributed by atoms with Gasteiger partial charge in [-0.2, -0.15) is 0 Å². The highest BCUT2D eigenvalue weighted by Crippen LogP contribution is 2.23. The first-order valence-corrected chi connectivity index (χ1v) is 11.5. The molecule has 2 aliphatic heterocycles. The van der Waals surface area contributed by atoms with Crippen molar-refractivity contribution in [3.63, 3.8) is 0 Å². The van der Waals surface area contributed by atoms with Crippen molar-refractivity contribution in [1.82, 2.24) is 15.1 Å². The molecular formula is C24H37N3O3. The summed E-state index contributed by atoms with van der Waals surface area (Å²) in [6.45, 7) is 6.54. The van der Waals surface area contributed by atoms with Gasteiger partial charge in [-0.3, -0.25) is 14.5 Å². The fourth-order valence-corrected chi connectivity index (χ4v) is 4.70. The largest absolute Gasteiger partial charge is 0.381 e. The summed E-state index contributed by atoms with van der Waals surface area (Å²) in [5.74, 6) is 0.318. The maximum Gasteiger partial charge on any atom is 0.220 e. The van der Waals surface area contributed by atoms with Gasteiger partial charge >= 0.3 is 0 Å². The van der Waals surface area contributed by atoms with Crippen LogP contribution in [0.4, 0.5) is 0 Å². The third-order valence-electron chi connectivity index (χ3n) is 6.44. The van der Waals surface area contributed by atoms with Gasteiger partial charge in [-0.25, -0.2) is 0 Å². The normalized spacial score (nSPS) is 18.5. The molecule has 1 aromatic rings. The molecule has 6 heteroatoms. The third kappa shape index (κ3) is 7.10. The first-order chi connectivity index (χ1) is 14.6. The minimum atomic E-state index is 0.143. The van der Waals surface area contributed by atoms with Crippen LogP contribution >= 0.6 is 0 Å². The van der Waals surface area contributed by atoms with Crippen molar-refractivity contribution in [2.24, 2.45) is 0 Å². The molecule has 2 saturated heterocycles. The number of carbonyl (C=O) groups excluding carboxylic acids is 2. The molecule has 0 unspecified atom stereocenters. The molecule has 2 aliphatic rings. The highest BCUT2D eigenvalue weighted by atomic mass is 16.5. The zero-order chi connectivity index (χ0) is 21.2. The predicted octanol–water partition coefficient (Wildman–Crippen LogP) is 2.62. The Labute approximate surface area is 180 Å². The molecule has 1 N–H and O–H groups in total. The Morgan fingerprint density at radius 2 is 1.73 bits per heavy atom. The van der Waals surface area contributed by atoms with Crippen LogP contribution < -0.4 is 5.32 Å². The van der Waals surface area contributed by atoms with Crippen molar-refractivity contribution >= 4 is 11.8 Å². The van der Waals surface area contributed by atoms with Crippen LogP contribution in [0.2, 0.25) is 0 Å². The van der Waals surface area contributed by atoms with Gasteiger partial charge in [0, 0.05) is 64.8 Å². The first-order valence-electron chi connectivity index (χ1n) is 11.5. The number of carbonyl (C=O) groups is 2. The summed E-state index contributed by atoms with van der Waals surface area (Å²) in [6, 6.07) is 11.3. The summed E-state index contributed by atoms with van der Waals surface area (Å²) >= 11 is 0. The molecule has 0 aromatic heterocycles. The molecule has 0 bridgehead atoms. The molecule has 0 radical (unpaired) electrons. The number of hydrogen-bond donors (Lipinski definition) is 1. The number of rotatable bonds is 9.